The summed E-state index contributed by atoms with van der Waals surface area (Å²) in [5.74, 6) is -0.366. The van der Waals surface area contributed by atoms with Crippen LogP contribution in [-0.4, -0.2) is 25.8 Å². The molecule has 0 aliphatic heterocycles. The van der Waals surface area contributed by atoms with Crippen LogP contribution < -0.4 is 4.72 Å². The summed E-state index contributed by atoms with van der Waals surface area (Å²) in [5.41, 5.74) is 0.807. The van der Waals surface area contributed by atoms with E-state index in [9.17, 15) is 17.6 Å². The average Bonchev–Trinajstić information content (AvgIpc) is 3.25. The van der Waals surface area contributed by atoms with Crippen LogP contribution in [0.1, 0.15) is 28.1 Å². The Morgan fingerprint density at radius 1 is 1.19 bits per heavy atom. The van der Waals surface area contributed by atoms with Crippen molar-refractivity contribution in [3.05, 3.63) is 83.6 Å². The monoisotopic (exact) mass is 441 g/mol. The molecular formula is C22H20FN3O4S. The molecule has 0 fully saturated rings. The van der Waals surface area contributed by atoms with Gasteiger partial charge in [0, 0.05) is 17.8 Å². The Morgan fingerprint density at radius 3 is 2.58 bits per heavy atom. The van der Waals surface area contributed by atoms with Gasteiger partial charge in [0.15, 0.2) is 0 Å². The van der Waals surface area contributed by atoms with E-state index in [0.717, 1.165) is 12.1 Å². The van der Waals surface area contributed by atoms with Crippen molar-refractivity contribution in [1.82, 2.24) is 4.90 Å². The van der Waals surface area contributed by atoms with Gasteiger partial charge in [-0.1, -0.05) is 6.07 Å². The van der Waals surface area contributed by atoms with Gasteiger partial charge in [0.1, 0.15) is 11.6 Å². The summed E-state index contributed by atoms with van der Waals surface area (Å²) in [6.45, 7) is 1.93. The number of aryl methyl sites for hydroxylation is 1. The Labute approximate surface area is 179 Å². The Morgan fingerprint density at radius 2 is 1.94 bits per heavy atom. The molecule has 7 nitrogen and oxygen atoms in total. The summed E-state index contributed by atoms with van der Waals surface area (Å²) in [7, 11) is -4.02. The first kappa shape index (κ1) is 22.1. The molecule has 0 saturated heterocycles. The molecule has 0 atom stereocenters. The van der Waals surface area contributed by atoms with Gasteiger partial charge >= 0.3 is 0 Å². The lowest BCUT2D eigenvalue weighted by Gasteiger charge is -2.21. The van der Waals surface area contributed by atoms with E-state index >= 15 is 0 Å². The SMILES string of the molecule is Cc1ccc(C(=O)N(CCC#N)Cc2ccco2)cc1S(=O)(=O)Nc1ccc(F)cc1. The molecule has 0 radical (unpaired) electrons. The third-order valence-electron chi connectivity index (χ3n) is 4.53. The van der Waals surface area contributed by atoms with Crippen LogP contribution in [0.4, 0.5) is 10.1 Å². The third kappa shape index (κ3) is 5.49. The number of nitrogens with one attached hydrogen (secondary N) is 1. The zero-order valence-corrected chi connectivity index (χ0v) is 17.5. The van der Waals surface area contributed by atoms with Gasteiger partial charge in [0.25, 0.3) is 15.9 Å². The van der Waals surface area contributed by atoms with E-state index in [0.29, 0.717) is 11.3 Å². The first-order valence-corrected chi connectivity index (χ1v) is 10.9. The molecular weight excluding hydrogens is 421 g/mol. The van der Waals surface area contributed by atoms with Gasteiger partial charge < -0.3 is 9.32 Å². The molecule has 0 aliphatic carbocycles. The van der Waals surface area contributed by atoms with E-state index < -0.39 is 21.7 Å². The molecule has 0 aliphatic rings. The minimum absolute atomic E-state index is 0.0686. The normalized spacial score (nSPS) is 11.0. The molecule has 3 rings (SSSR count). The lowest BCUT2D eigenvalue weighted by atomic mass is 10.1. The minimum Gasteiger partial charge on any atom is -0.467 e. The minimum atomic E-state index is -4.02. The zero-order chi connectivity index (χ0) is 22.4. The number of sulfonamides is 1. The van der Waals surface area contributed by atoms with Crippen LogP contribution in [0, 0.1) is 24.1 Å². The summed E-state index contributed by atoms with van der Waals surface area (Å²) in [4.78, 5) is 14.4. The molecule has 0 unspecified atom stereocenters. The number of amides is 1. The number of carbonyl (C=O) groups excluding carboxylic acids is 1. The van der Waals surface area contributed by atoms with Crippen LogP contribution >= 0.6 is 0 Å². The van der Waals surface area contributed by atoms with Gasteiger partial charge in [-0.15, -0.1) is 0 Å². The maximum atomic E-state index is 13.1. The Bertz CT molecular complexity index is 1200. The van der Waals surface area contributed by atoms with Crippen molar-refractivity contribution in [2.45, 2.75) is 24.8 Å². The fourth-order valence-electron chi connectivity index (χ4n) is 2.96. The van der Waals surface area contributed by atoms with Gasteiger partial charge in [-0.25, -0.2) is 12.8 Å². The van der Waals surface area contributed by atoms with Crippen LogP contribution in [0.25, 0.3) is 0 Å². The zero-order valence-electron chi connectivity index (χ0n) is 16.7. The van der Waals surface area contributed by atoms with Crippen molar-refractivity contribution in [2.75, 3.05) is 11.3 Å². The van der Waals surface area contributed by atoms with Gasteiger partial charge in [-0.05, 0) is 61.0 Å². The van der Waals surface area contributed by atoms with Gasteiger partial charge in [-0.3, -0.25) is 9.52 Å². The second-order valence-corrected chi connectivity index (χ2v) is 8.46. The van der Waals surface area contributed by atoms with Crippen molar-refractivity contribution in [3.63, 3.8) is 0 Å². The summed E-state index contributed by atoms with van der Waals surface area (Å²) in [6, 6.07) is 14.7. The lowest BCUT2D eigenvalue weighted by molar-refractivity contribution is 0.0735. The van der Waals surface area contributed by atoms with Crippen molar-refractivity contribution in [3.8, 4) is 6.07 Å². The smallest absolute Gasteiger partial charge is 0.262 e. The highest BCUT2D eigenvalue weighted by molar-refractivity contribution is 7.92. The highest BCUT2D eigenvalue weighted by Crippen LogP contribution is 2.22. The molecule has 3 aromatic rings. The quantitative estimate of drug-likeness (QED) is 0.567. The molecule has 1 amide bonds. The molecule has 2 aromatic carbocycles. The van der Waals surface area contributed by atoms with E-state index in [4.69, 9.17) is 9.68 Å². The topological polar surface area (TPSA) is 103 Å². The van der Waals surface area contributed by atoms with Gasteiger partial charge in [0.2, 0.25) is 0 Å². The molecule has 0 saturated carbocycles. The standard InChI is InChI=1S/C22H20FN3O4S/c1-16-5-6-17(22(27)26(12-3-11-24)15-20-4-2-13-30-20)14-21(16)31(28,29)25-19-9-7-18(23)8-10-19/h2,4-10,13-14,25H,3,12,15H2,1H3. The Hall–Kier alpha value is -3.64. The number of carbonyl (C=O) groups is 1. The average molecular weight is 441 g/mol. The molecule has 1 N–H and O–H groups in total. The molecule has 1 heterocycles. The van der Waals surface area contributed by atoms with Crippen LogP contribution in [0.3, 0.4) is 0 Å². The van der Waals surface area contributed by atoms with Crippen molar-refractivity contribution in [2.24, 2.45) is 0 Å². The number of hydrogen-bond donors (Lipinski definition) is 1. The van der Waals surface area contributed by atoms with Gasteiger partial charge in [0.05, 0.1) is 30.2 Å². The summed E-state index contributed by atoms with van der Waals surface area (Å²) < 4.78 is 46.6. The number of benzene rings is 2. The molecule has 31 heavy (non-hydrogen) atoms. The van der Waals surface area contributed by atoms with Crippen LogP contribution in [-0.2, 0) is 16.6 Å². The summed E-state index contributed by atoms with van der Waals surface area (Å²) in [6.07, 6.45) is 1.61. The predicted molar refractivity (Wildman–Crippen MR) is 112 cm³/mol. The van der Waals surface area contributed by atoms with Crippen molar-refractivity contribution >= 4 is 21.6 Å². The number of nitriles is 1. The second kappa shape index (κ2) is 9.45. The van der Waals surface area contributed by atoms with Crippen LogP contribution in [0.15, 0.2) is 70.2 Å². The Kier molecular flexibility index (Phi) is 6.72. The molecule has 1 aromatic heterocycles. The maximum Gasteiger partial charge on any atom is 0.262 e. The largest absolute Gasteiger partial charge is 0.467 e. The first-order chi connectivity index (χ1) is 14.8. The molecule has 9 heteroatoms. The van der Waals surface area contributed by atoms with E-state index in [1.807, 2.05) is 6.07 Å². The number of halogens is 1. The van der Waals surface area contributed by atoms with E-state index in [1.54, 1.807) is 25.1 Å². The number of furan rings is 1. The number of rotatable bonds is 8. The summed E-state index contributed by atoms with van der Waals surface area (Å²) >= 11 is 0. The van der Waals surface area contributed by atoms with E-state index in [-0.39, 0.29) is 35.7 Å². The second-order valence-electron chi connectivity index (χ2n) is 6.81. The first-order valence-electron chi connectivity index (χ1n) is 9.38. The maximum absolute atomic E-state index is 13.1. The van der Waals surface area contributed by atoms with Crippen molar-refractivity contribution in [1.29, 1.82) is 5.26 Å². The number of hydrogen-bond acceptors (Lipinski definition) is 5. The summed E-state index contributed by atoms with van der Waals surface area (Å²) in [5, 5.41) is 8.92. The highest BCUT2D eigenvalue weighted by atomic mass is 32.2. The molecule has 0 spiro atoms. The van der Waals surface area contributed by atoms with Gasteiger partial charge in [-0.2, -0.15) is 5.26 Å². The van der Waals surface area contributed by atoms with Crippen LogP contribution in [0.2, 0.25) is 0 Å². The highest BCUT2D eigenvalue weighted by Gasteiger charge is 2.22. The van der Waals surface area contributed by atoms with E-state index in [1.165, 1.54) is 35.4 Å². The predicted octanol–water partition coefficient (Wildman–Crippen LogP) is 4.08. The molecule has 0 bridgehead atoms. The third-order valence-corrected chi connectivity index (χ3v) is 6.05. The molecule has 160 valence electrons. The lowest BCUT2D eigenvalue weighted by Crippen LogP contribution is -2.31. The van der Waals surface area contributed by atoms with E-state index in [2.05, 4.69) is 4.72 Å². The van der Waals surface area contributed by atoms with Crippen LogP contribution in [0.5, 0.6) is 0 Å². The van der Waals surface area contributed by atoms with Crippen molar-refractivity contribution < 1.29 is 22.0 Å². The fourth-order valence-corrected chi connectivity index (χ4v) is 4.29. The Balaban J connectivity index is 1.89. The number of nitrogens with zero attached hydrogens (tertiary/aromatic N) is 2. The number of anilines is 1. The fraction of sp³-hybridized carbons (Fsp3) is 0.182.